The molecule has 30 heavy (non-hydrogen) atoms. The summed E-state index contributed by atoms with van der Waals surface area (Å²) in [5.74, 6) is 0. The molecule has 2 aromatic heterocycles. The lowest BCUT2D eigenvalue weighted by molar-refractivity contribution is 0.134. The molecule has 0 aliphatic heterocycles. The molecule has 0 bridgehead atoms. The average molecular weight is 483 g/mol. The first-order chi connectivity index (χ1) is 14.6. The van der Waals surface area contributed by atoms with E-state index in [0.29, 0.717) is 18.2 Å². The molecular formula is C24H21BrClN3O. The van der Waals surface area contributed by atoms with Crippen LogP contribution in [0.15, 0.2) is 71.5 Å². The number of halogens is 2. The van der Waals surface area contributed by atoms with Gasteiger partial charge in [-0.15, -0.1) is 0 Å². The summed E-state index contributed by atoms with van der Waals surface area (Å²) in [5.41, 5.74) is 7.13. The quantitative estimate of drug-likeness (QED) is 0.301. The highest BCUT2D eigenvalue weighted by Crippen LogP contribution is 2.37. The molecule has 152 valence electrons. The van der Waals surface area contributed by atoms with E-state index in [0.717, 1.165) is 43.8 Å². The molecule has 0 aliphatic rings. The highest BCUT2D eigenvalue weighted by atomic mass is 79.9. The Morgan fingerprint density at radius 3 is 2.43 bits per heavy atom. The Morgan fingerprint density at radius 1 is 1.00 bits per heavy atom. The molecule has 0 spiro atoms. The number of para-hydroxylation sites is 1. The lowest BCUT2D eigenvalue weighted by atomic mass is 10.00. The number of hydrogen-bond acceptors (Lipinski definition) is 3. The molecule has 0 N–H and O–H groups in total. The third-order valence-corrected chi connectivity index (χ3v) is 5.84. The number of pyridine rings is 1. The van der Waals surface area contributed by atoms with Gasteiger partial charge in [-0.3, -0.25) is 4.98 Å². The van der Waals surface area contributed by atoms with Crippen molar-refractivity contribution >= 4 is 27.5 Å². The van der Waals surface area contributed by atoms with Gasteiger partial charge in [0.15, 0.2) is 0 Å². The first kappa shape index (κ1) is 20.8. The maximum absolute atomic E-state index is 6.14. The zero-order valence-corrected chi connectivity index (χ0v) is 19.1. The molecule has 0 radical (unpaired) electrons. The highest BCUT2D eigenvalue weighted by molar-refractivity contribution is 9.10. The van der Waals surface area contributed by atoms with Crippen LogP contribution in [0.5, 0.6) is 0 Å². The van der Waals surface area contributed by atoms with Crippen LogP contribution in [-0.2, 0) is 11.3 Å². The van der Waals surface area contributed by atoms with Crippen molar-refractivity contribution in [3.05, 3.63) is 87.7 Å². The number of aromatic nitrogens is 3. The summed E-state index contributed by atoms with van der Waals surface area (Å²) < 4.78 is 8.68. The molecule has 0 saturated heterocycles. The van der Waals surface area contributed by atoms with Gasteiger partial charge in [0.1, 0.15) is 5.69 Å². The summed E-state index contributed by atoms with van der Waals surface area (Å²) in [7, 11) is 0. The molecule has 6 heteroatoms. The van der Waals surface area contributed by atoms with E-state index in [-0.39, 0.29) is 0 Å². The summed E-state index contributed by atoms with van der Waals surface area (Å²) in [4.78, 5) is 4.16. The number of rotatable bonds is 6. The third kappa shape index (κ3) is 4.06. The number of hydrogen-bond donors (Lipinski definition) is 0. The molecule has 0 saturated carbocycles. The predicted molar refractivity (Wildman–Crippen MR) is 125 cm³/mol. The molecule has 0 aliphatic carbocycles. The second-order valence-electron chi connectivity index (χ2n) is 6.85. The summed E-state index contributed by atoms with van der Waals surface area (Å²) in [6.07, 6.45) is 3.57. The lowest BCUT2D eigenvalue weighted by Gasteiger charge is -2.14. The van der Waals surface area contributed by atoms with Crippen molar-refractivity contribution in [2.24, 2.45) is 0 Å². The van der Waals surface area contributed by atoms with Gasteiger partial charge in [-0.05, 0) is 65.7 Å². The third-order valence-electron chi connectivity index (χ3n) is 4.95. The van der Waals surface area contributed by atoms with Crippen LogP contribution in [0.3, 0.4) is 0 Å². The molecule has 0 atom stereocenters. The van der Waals surface area contributed by atoms with Gasteiger partial charge in [-0.2, -0.15) is 5.10 Å². The smallest absolute Gasteiger partial charge is 0.101 e. The lowest BCUT2D eigenvalue weighted by Crippen LogP contribution is -2.06. The van der Waals surface area contributed by atoms with E-state index in [1.54, 1.807) is 12.4 Å². The summed E-state index contributed by atoms with van der Waals surface area (Å²) in [5, 5.41) is 5.76. The number of nitrogens with zero attached hydrogens (tertiary/aromatic N) is 3. The SMILES string of the molecule is CCOCc1cccc(Br)c1-n1nc(-c2ccncc2)c(-c2ccc(Cl)cc2)c1C. The van der Waals surface area contributed by atoms with E-state index < -0.39 is 0 Å². The van der Waals surface area contributed by atoms with Gasteiger partial charge in [0.2, 0.25) is 0 Å². The van der Waals surface area contributed by atoms with Crippen LogP contribution in [0.2, 0.25) is 5.02 Å². The Kier molecular flexibility index (Phi) is 6.32. The Balaban J connectivity index is 1.97. The fourth-order valence-electron chi connectivity index (χ4n) is 3.52. The van der Waals surface area contributed by atoms with Crippen LogP contribution in [0, 0.1) is 6.92 Å². The maximum Gasteiger partial charge on any atom is 0.101 e. The second kappa shape index (κ2) is 9.13. The Hall–Kier alpha value is -2.47. The molecule has 0 unspecified atom stereocenters. The van der Waals surface area contributed by atoms with Crippen molar-refractivity contribution in [2.75, 3.05) is 6.61 Å². The van der Waals surface area contributed by atoms with Crippen LogP contribution in [-0.4, -0.2) is 21.4 Å². The number of benzene rings is 2. The first-order valence-electron chi connectivity index (χ1n) is 9.71. The summed E-state index contributed by atoms with van der Waals surface area (Å²) in [6.45, 7) is 5.26. The van der Waals surface area contributed by atoms with E-state index in [1.165, 1.54) is 0 Å². The minimum atomic E-state index is 0.519. The van der Waals surface area contributed by atoms with Crippen LogP contribution < -0.4 is 0 Å². The predicted octanol–water partition coefficient (Wildman–Crippen LogP) is 6.86. The normalized spacial score (nSPS) is 11.1. The van der Waals surface area contributed by atoms with E-state index in [2.05, 4.69) is 33.9 Å². The summed E-state index contributed by atoms with van der Waals surface area (Å²) >= 11 is 9.86. The molecule has 4 nitrogen and oxygen atoms in total. The summed E-state index contributed by atoms with van der Waals surface area (Å²) in [6, 6.07) is 18.0. The fourth-order valence-corrected chi connectivity index (χ4v) is 4.22. The molecule has 0 fully saturated rings. The molecule has 4 aromatic rings. The van der Waals surface area contributed by atoms with Gasteiger partial charge in [0.25, 0.3) is 0 Å². The first-order valence-corrected chi connectivity index (χ1v) is 10.9. The van der Waals surface area contributed by atoms with Crippen molar-refractivity contribution in [3.8, 4) is 28.1 Å². The van der Waals surface area contributed by atoms with E-state index >= 15 is 0 Å². The molecular weight excluding hydrogens is 462 g/mol. The van der Waals surface area contributed by atoms with Crippen LogP contribution in [0.4, 0.5) is 0 Å². The standard InChI is InChI=1S/C24H21BrClN3O/c1-3-30-15-19-5-4-6-21(25)24(19)29-16(2)22(17-7-9-20(26)10-8-17)23(28-29)18-11-13-27-14-12-18/h4-14H,3,15H2,1-2H3. The highest BCUT2D eigenvalue weighted by Gasteiger charge is 2.21. The van der Waals surface area contributed by atoms with Crippen molar-refractivity contribution < 1.29 is 4.74 Å². The zero-order chi connectivity index (χ0) is 21.1. The molecule has 0 amide bonds. The van der Waals surface area contributed by atoms with Gasteiger partial charge in [-0.25, -0.2) is 4.68 Å². The van der Waals surface area contributed by atoms with E-state index in [4.69, 9.17) is 21.4 Å². The van der Waals surface area contributed by atoms with Crippen molar-refractivity contribution in [1.29, 1.82) is 0 Å². The molecule has 2 aromatic carbocycles. The van der Waals surface area contributed by atoms with Crippen molar-refractivity contribution in [2.45, 2.75) is 20.5 Å². The van der Waals surface area contributed by atoms with Crippen LogP contribution in [0.25, 0.3) is 28.1 Å². The van der Waals surface area contributed by atoms with Gasteiger partial charge < -0.3 is 4.74 Å². The fraction of sp³-hybridized carbons (Fsp3) is 0.167. The van der Waals surface area contributed by atoms with E-state index in [9.17, 15) is 0 Å². The van der Waals surface area contributed by atoms with Gasteiger partial charge in [-0.1, -0.05) is 35.9 Å². The second-order valence-corrected chi connectivity index (χ2v) is 8.14. The largest absolute Gasteiger partial charge is 0.377 e. The average Bonchev–Trinajstić information content (AvgIpc) is 3.10. The van der Waals surface area contributed by atoms with Gasteiger partial charge in [0, 0.05) is 50.9 Å². The van der Waals surface area contributed by atoms with Gasteiger partial charge >= 0.3 is 0 Å². The molecule has 2 heterocycles. The van der Waals surface area contributed by atoms with E-state index in [1.807, 2.05) is 60.1 Å². The minimum Gasteiger partial charge on any atom is -0.377 e. The zero-order valence-electron chi connectivity index (χ0n) is 16.8. The Bertz CT molecular complexity index is 1160. The van der Waals surface area contributed by atoms with Crippen molar-refractivity contribution in [1.82, 2.24) is 14.8 Å². The van der Waals surface area contributed by atoms with Gasteiger partial charge in [0.05, 0.1) is 12.3 Å². The Morgan fingerprint density at radius 2 is 1.73 bits per heavy atom. The van der Waals surface area contributed by atoms with Crippen LogP contribution >= 0.6 is 27.5 Å². The maximum atomic E-state index is 6.14. The van der Waals surface area contributed by atoms with Crippen molar-refractivity contribution in [3.63, 3.8) is 0 Å². The topological polar surface area (TPSA) is 39.9 Å². The van der Waals surface area contributed by atoms with Crippen LogP contribution in [0.1, 0.15) is 18.2 Å². The monoisotopic (exact) mass is 481 g/mol. The molecule has 4 rings (SSSR count). The number of ether oxygens (including phenoxy) is 1. The minimum absolute atomic E-state index is 0.519. The Labute approximate surface area is 189 Å².